The smallest absolute Gasteiger partial charge is 0.234 e. The zero-order chi connectivity index (χ0) is 17.2. The maximum absolute atomic E-state index is 11.7. The number of carbonyl (C=O) groups excluding carboxylic acids is 1. The summed E-state index contributed by atoms with van der Waals surface area (Å²) >= 11 is 0. The van der Waals surface area contributed by atoms with E-state index in [2.05, 4.69) is 52.3 Å². The summed E-state index contributed by atoms with van der Waals surface area (Å²) < 4.78 is 0. The van der Waals surface area contributed by atoms with Crippen molar-refractivity contribution in [3.63, 3.8) is 0 Å². The minimum atomic E-state index is -0.143. The van der Waals surface area contributed by atoms with E-state index in [1.165, 1.54) is 16.3 Å². The largest absolute Gasteiger partial charge is 0.368 e. The highest BCUT2D eigenvalue weighted by atomic mass is 16.1. The van der Waals surface area contributed by atoms with Crippen molar-refractivity contribution in [2.24, 2.45) is 5.73 Å². The Bertz CT molecular complexity index is 746. The lowest BCUT2D eigenvalue weighted by molar-refractivity contribution is -0.123. The number of benzene rings is 2. The van der Waals surface area contributed by atoms with E-state index in [4.69, 9.17) is 5.73 Å². The van der Waals surface area contributed by atoms with Gasteiger partial charge >= 0.3 is 0 Å². The fraction of sp³-hybridized carbons (Fsp3) is 0.476. The average molecular weight is 337 g/mol. The lowest BCUT2D eigenvalue weighted by Gasteiger charge is -2.38. The molecule has 2 fully saturated rings. The molecule has 4 heteroatoms. The fourth-order valence-corrected chi connectivity index (χ4v) is 4.61. The second kappa shape index (κ2) is 7.14. The van der Waals surface area contributed by atoms with Crippen molar-refractivity contribution >= 4 is 16.7 Å². The zero-order valence-corrected chi connectivity index (χ0v) is 14.7. The first kappa shape index (κ1) is 16.6. The minimum Gasteiger partial charge on any atom is -0.368 e. The summed E-state index contributed by atoms with van der Waals surface area (Å²) in [5, 5.41) is 2.68. The number of piperidine rings is 1. The van der Waals surface area contributed by atoms with Crippen molar-refractivity contribution in [1.82, 2.24) is 9.80 Å². The van der Waals surface area contributed by atoms with Crippen molar-refractivity contribution in [1.29, 1.82) is 0 Å². The van der Waals surface area contributed by atoms with Crippen molar-refractivity contribution < 1.29 is 4.79 Å². The summed E-state index contributed by atoms with van der Waals surface area (Å²) in [7, 11) is 0. The Morgan fingerprint density at radius 2 is 1.76 bits per heavy atom. The molecule has 2 aromatic carbocycles. The van der Waals surface area contributed by atoms with Crippen LogP contribution in [0.1, 0.15) is 31.2 Å². The van der Waals surface area contributed by atoms with Crippen molar-refractivity contribution in [3.8, 4) is 0 Å². The van der Waals surface area contributed by atoms with Crippen molar-refractivity contribution in [2.45, 2.75) is 44.3 Å². The van der Waals surface area contributed by atoms with Gasteiger partial charge in [-0.25, -0.2) is 0 Å². The maximum Gasteiger partial charge on any atom is 0.234 e. The first-order valence-electron chi connectivity index (χ1n) is 9.46. The van der Waals surface area contributed by atoms with E-state index in [-0.39, 0.29) is 11.9 Å². The number of nitrogens with two attached hydrogens (primary N) is 1. The molecule has 25 heavy (non-hydrogen) atoms. The van der Waals surface area contributed by atoms with Gasteiger partial charge in [-0.15, -0.1) is 0 Å². The van der Waals surface area contributed by atoms with Gasteiger partial charge in [0.05, 0.1) is 6.04 Å². The SMILES string of the molecule is NC(=O)[C@H]1CCCN1C1CCN(Cc2cccc3ccccc23)CC1. The molecule has 1 atom stereocenters. The van der Waals surface area contributed by atoms with Crippen LogP contribution in [0.15, 0.2) is 42.5 Å². The number of nitrogens with zero attached hydrogens (tertiary/aromatic N) is 2. The number of carbonyl (C=O) groups is 1. The van der Waals surface area contributed by atoms with Crippen LogP contribution in [0.25, 0.3) is 10.8 Å². The van der Waals surface area contributed by atoms with Crippen LogP contribution in [0, 0.1) is 0 Å². The van der Waals surface area contributed by atoms with Gasteiger partial charge in [0.1, 0.15) is 0 Å². The molecule has 2 aromatic rings. The van der Waals surface area contributed by atoms with Crippen molar-refractivity contribution in [2.75, 3.05) is 19.6 Å². The van der Waals surface area contributed by atoms with Gasteiger partial charge in [0, 0.05) is 12.6 Å². The van der Waals surface area contributed by atoms with Crippen molar-refractivity contribution in [3.05, 3.63) is 48.0 Å². The van der Waals surface area contributed by atoms with Crippen LogP contribution >= 0.6 is 0 Å². The molecule has 0 unspecified atom stereocenters. The molecule has 0 spiro atoms. The van der Waals surface area contributed by atoms with E-state index < -0.39 is 0 Å². The minimum absolute atomic E-state index is 0.0328. The third kappa shape index (κ3) is 3.42. The van der Waals surface area contributed by atoms with E-state index in [0.29, 0.717) is 6.04 Å². The maximum atomic E-state index is 11.7. The molecule has 2 N–H and O–H groups in total. The Balaban J connectivity index is 1.40. The highest BCUT2D eigenvalue weighted by Gasteiger charge is 2.35. The molecule has 132 valence electrons. The highest BCUT2D eigenvalue weighted by Crippen LogP contribution is 2.27. The Morgan fingerprint density at radius 1 is 1.00 bits per heavy atom. The number of rotatable bonds is 4. The van der Waals surface area contributed by atoms with E-state index in [1.807, 2.05) is 0 Å². The molecular formula is C21H27N3O. The number of amides is 1. The second-order valence-corrected chi connectivity index (χ2v) is 7.44. The van der Waals surface area contributed by atoms with Gasteiger partial charge in [-0.2, -0.15) is 0 Å². The predicted octanol–water partition coefficient (Wildman–Crippen LogP) is 2.75. The van der Waals surface area contributed by atoms with Gasteiger partial charge in [0.2, 0.25) is 5.91 Å². The summed E-state index contributed by atoms with van der Waals surface area (Å²) in [5.41, 5.74) is 7.00. The Morgan fingerprint density at radius 3 is 2.56 bits per heavy atom. The van der Waals surface area contributed by atoms with Crippen LogP contribution in [0.2, 0.25) is 0 Å². The zero-order valence-electron chi connectivity index (χ0n) is 14.7. The molecule has 0 saturated carbocycles. The first-order valence-corrected chi connectivity index (χ1v) is 9.46. The summed E-state index contributed by atoms with van der Waals surface area (Å²) in [6.07, 6.45) is 4.30. The first-order chi connectivity index (χ1) is 12.2. The molecule has 0 aromatic heterocycles. The predicted molar refractivity (Wildman–Crippen MR) is 101 cm³/mol. The van der Waals surface area contributed by atoms with Gasteiger partial charge < -0.3 is 5.73 Å². The van der Waals surface area contributed by atoms with E-state index >= 15 is 0 Å². The topological polar surface area (TPSA) is 49.6 Å². The number of fused-ring (bicyclic) bond motifs is 1. The van der Waals surface area contributed by atoms with Crippen LogP contribution < -0.4 is 5.73 Å². The fourth-order valence-electron chi connectivity index (χ4n) is 4.61. The number of primary amides is 1. The van der Waals surface area contributed by atoms with Crippen LogP contribution in [0.5, 0.6) is 0 Å². The summed E-state index contributed by atoms with van der Waals surface area (Å²) in [5.74, 6) is -0.143. The number of hydrogen-bond donors (Lipinski definition) is 1. The monoisotopic (exact) mass is 337 g/mol. The van der Waals surface area contributed by atoms with E-state index in [9.17, 15) is 4.79 Å². The molecule has 2 heterocycles. The van der Waals surface area contributed by atoms with Gasteiger partial charge in [0.15, 0.2) is 0 Å². The molecular weight excluding hydrogens is 310 g/mol. The highest BCUT2D eigenvalue weighted by molar-refractivity contribution is 5.85. The number of hydrogen-bond acceptors (Lipinski definition) is 3. The lowest BCUT2D eigenvalue weighted by Crippen LogP contribution is -2.50. The van der Waals surface area contributed by atoms with Gasteiger partial charge in [-0.3, -0.25) is 14.6 Å². The van der Waals surface area contributed by atoms with E-state index in [1.54, 1.807) is 0 Å². The lowest BCUT2D eigenvalue weighted by atomic mass is 10.00. The Kier molecular flexibility index (Phi) is 4.73. The Hall–Kier alpha value is -1.91. The molecule has 2 aliphatic heterocycles. The Labute approximate surface area is 149 Å². The van der Waals surface area contributed by atoms with Gasteiger partial charge in [-0.05, 0) is 61.7 Å². The summed E-state index contributed by atoms with van der Waals surface area (Å²) in [6, 6.07) is 15.7. The third-order valence-electron chi connectivity index (χ3n) is 5.92. The molecule has 2 saturated heterocycles. The molecule has 0 radical (unpaired) electrons. The van der Waals surface area contributed by atoms with Gasteiger partial charge in [-0.1, -0.05) is 42.5 Å². The number of likely N-dealkylation sites (tertiary alicyclic amines) is 2. The van der Waals surface area contributed by atoms with Crippen LogP contribution in [-0.2, 0) is 11.3 Å². The summed E-state index contributed by atoms with van der Waals surface area (Å²) in [6.45, 7) is 4.22. The molecule has 4 nitrogen and oxygen atoms in total. The average Bonchev–Trinajstić information content (AvgIpc) is 3.13. The standard InChI is InChI=1S/C21H27N3O/c22-21(25)20-9-4-12-24(20)18-10-13-23(14-11-18)15-17-7-3-6-16-5-1-2-8-19(16)17/h1-3,5-8,18,20H,4,9-15H2,(H2,22,25)/t20-/m1/s1. The van der Waals surface area contributed by atoms with Crippen LogP contribution in [-0.4, -0.2) is 47.4 Å². The molecule has 1 amide bonds. The molecule has 4 rings (SSSR count). The molecule has 2 aliphatic rings. The van der Waals surface area contributed by atoms with E-state index in [0.717, 1.165) is 51.9 Å². The summed E-state index contributed by atoms with van der Waals surface area (Å²) in [4.78, 5) is 16.6. The molecule has 0 bridgehead atoms. The third-order valence-corrected chi connectivity index (χ3v) is 5.92. The van der Waals surface area contributed by atoms with Crippen LogP contribution in [0.3, 0.4) is 0 Å². The van der Waals surface area contributed by atoms with Gasteiger partial charge in [0.25, 0.3) is 0 Å². The van der Waals surface area contributed by atoms with Crippen LogP contribution in [0.4, 0.5) is 0 Å². The molecule has 0 aliphatic carbocycles. The second-order valence-electron chi connectivity index (χ2n) is 7.44. The normalized spacial score (nSPS) is 23.3. The quantitative estimate of drug-likeness (QED) is 0.933.